The van der Waals surface area contributed by atoms with Crippen LogP contribution in [0.4, 0.5) is 16.0 Å². The quantitative estimate of drug-likeness (QED) is 0.210. The van der Waals surface area contributed by atoms with E-state index in [1.807, 2.05) is 22.6 Å². The van der Waals surface area contributed by atoms with Gasteiger partial charge in [0, 0.05) is 40.3 Å². The highest BCUT2D eigenvalue weighted by molar-refractivity contribution is 14.1. The Morgan fingerprint density at radius 2 is 1.79 bits per heavy atom. The predicted octanol–water partition coefficient (Wildman–Crippen LogP) is 5.56. The van der Waals surface area contributed by atoms with Gasteiger partial charge in [0.15, 0.2) is 11.6 Å². The summed E-state index contributed by atoms with van der Waals surface area (Å²) >= 11 is 1.94. The lowest BCUT2D eigenvalue weighted by Gasteiger charge is -2.26. The van der Waals surface area contributed by atoms with Gasteiger partial charge in [-0.2, -0.15) is 0 Å². The average molecular weight is 661 g/mol. The first-order valence-electron chi connectivity index (χ1n) is 12.3. The second-order valence-electron chi connectivity index (χ2n) is 9.18. The zero-order chi connectivity index (χ0) is 27.4. The van der Waals surface area contributed by atoms with Crippen LogP contribution in [0.1, 0.15) is 25.7 Å². The van der Waals surface area contributed by atoms with Crippen LogP contribution in [0.5, 0.6) is 11.5 Å². The van der Waals surface area contributed by atoms with E-state index in [9.17, 15) is 8.42 Å². The van der Waals surface area contributed by atoms with E-state index in [4.69, 9.17) is 10.5 Å². The highest BCUT2D eigenvalue weighted by Crippen LogP contribution is 2.34. The number of hydrogen-bond donors (Lipinski definition) is 3. The van der Waals surface area contributed by atoms with Crippen LogP contribution in [-0.4, -0.2) is 35.5 Å². The molecule has 0 atom stereocenters. The van der Waals surface area contributed by atoms with Crippen LogP contribution in [0, 0.1) is 9.39 Å². The number of nitrogens with two attached hydrogens (primary N) is 1. The van der Waals surface area contributed by atoms with Crippen molar-refractivity contribution in [3.63, 3.8) is 0 Å². The molecule has 2 aromatic heterocycles. The van der Waals surface area contributed by atoms with E-state index in [1.54, 1.807) is 42.7 Å². The van der Waals surface area contributed by atoms with Crippen LogP contribution in [0.25, 0.3) is 11.3 Å². The molecule has 4 aromatic rings. The Labute approximate surface area is 239 Å². The largest absolute Gasteiger partial charge is 0.453 e. The molecule has 5 rings (SSSR count). The number of anilines is 2. The molecule has 0 bridgehead atoms. The van der Waals surface area contributed by atoms with Gasteiger partial charge in [-0.15, -0.1) is 0 Å². The van der Waals surface area contributed by atoms with Gasteiger partial charge in [0.05, 0.1) is 16.9 Å². The Kier molecular flexibility index (Phi) is 8.23. The number of nitrogens with one attached hydrogen (secondary N) is 2. The fourth-order valence-electron chi connectivity index (χ4n) is 4.33. The minimum atomic E-state index is -3.89. The summed E-state index contributed by atoms with van der Waals surface area (Å²) in [6.45, 7) is 0. The van der Waals surface area contributed by atoms with Gasteiger partial charge in [-0.05, 0) is 84.7 Å². The normalized spacial score (nSPS) is 17.4. The van der Waals surface area contributed by atoms with Crippen molar-refractivity contribution in [2.24, 2.45) is 5.73 Å². The van der Waals surface area contributed by atoms with Gasteiger partial charge in [-0.1, -0.05) is 12.1 Å². The Morgan fingerprint density at radius 1 is 1.00 bits per heavy atom. The van der Waals surface area contributed by atoms with E-state index in [0.29, 0.717) is 26.5 Å². The summed E-state index contributed by atoms with van der Waals surface area (Å²) in [6, 6.07) is 14.3. The van der Waals surface area contributed by atoms with Crippen LogP contribution in [0.2, 0.25) is 0 Å². The van der Waals surface area contributed by atoms with E-state index in [0.717, 1.165) is 31.7 Å². The van der Waals surface area contributed by atoms with Crippen molar-refractivity contribution in [2.75, 3.05) is 10.0 Å². The van der Waals surface area contributed by atoms with E-state index < -0.39 is 15.8 Å². The van der Waals surface area contributed by atoms with Crippen LogP contribution in [0.3, 0.4) is 0 Å². The number of halogens is 2. The molecule has 0 spiro atoms. The molecule has 1 aliphatic rings. The molecule has 12 heteroatoms. The Morgan fingerprint density at radius 3 is 2.56 bits per heavy atom. The van der Waals surface area contributed by atoms with Crippen molar-refractivity contribution in [2.45, 2.75) is 42.7 Å². The lowest BCUT2D eigenvalue weighted by Crippen LogP contribution is -2.33. The lowest BCUT2D eigenvalue weighted by molar-refractivity contribution is 0.410. The van der Waals surface area contributed by atoms with Crippen molar-refractivity contribution in [3.05, 3.63) is 82.6 Å². The molecule has 1 fully saturated rings. The highest BCUT2D eigenvalue weighted by Gasteiger charge is 2.21. The third-order valence-corrected chi connectivity index (χ3v) is 9.09. The first kappa shape index (κ1) is 27.2. The second-order valence-corrected chi connectivity index (χ2v) is 12.0. The Hall–Kier alpha value is -3.36. The molecule has 0 radical (unpaired) electrons. The van der Waals surface area contributed by atoms with Crippen molar-refractivity contribution < 1.29 is 17.5 Å². The summed E-state index contributed by atoms with van der Waals surface area (Å²) < 4.78 is 49.5. The number of pyridine rings is 1. The summed E-state index contributed by atoms with van der Waals surface area (Å²) in [6.07, 6.45) is 8.57. The molecule has 4 N–H and O–H groups in total. The third kappa shape index (κ3) is 6.62. The molecule has 2 aromatic carbocycles. The molecular formula is C27H26FIN6O3S. The smallest absolute Gasteiger partial charge is 0.262 e. The minimum Gasteiger partial charge on any atom is -0.453 e. The fraction of sp³-hybridized carbons (Fsp3) is 0.222. The van der Waals surface area contributed by atoms with Crippen molar-refractivity contribution in [3.8, 4) is 22.8 Å². The SMILES string of the molecule is NC1CCC(Nc2nccc(-c3cnccc3Oc3ccc(NS(=O)(=O)c4ccccc4I)cc3F)n2)CC1. The Bertz CT molecular complexity index is 1580. The molecular weight excluding hydrogens is 634 g/mol. The molecule has 2 heterocycles. The summed E-state index contributed by atoms with van der Waals surface area (Å²) in [7, 11) is -3.89. The van der Waals surface area contributed by atoms with E-state index in [-0.39, 0.29) is 28.4 Å². The first-order valence-corrected chi connectivity index (χ1v) is 14.9. The molecule has 0 amide bonds. The summed E-state index contributed by atoms with van der Waals surface area (Å²) in [5, 5.41) is 3.37. The van der Waals surface area contributed by atoms with Gasteiger partial charge in [-0.3, -0.25) is 9.71 Å². The zero-order valence-corrected chi connectivity index (χ0v) is 23.7. The number of ether oxygens (including phenoxy) is 1. The molecule has 0 saturated heterocycles. The van der Waals surface area contributed by atoms with Crippen molar-refractivity contribution in [1.29, 1.82) is 0 Å². The van der Waals surface area contributed by atoms with Crippen molar-refractivity contribution >= 4 is 44.2 Å². The number of hydrogen-bond acceptors (Lipinski definition) is 8. The van der Waals surface area contributed by atoms with Gasteiger partial charge in [-0.25, -0.2) is 22.8 Å². The van der Waals surface area contributed by atoms with Crippen LogP contribution < -0.4 is 20.5 Å². The van der Waals surface area contributed by atoms with Gasteiger partial charge >= 0.3 is 0 Å². The monoisotopic (exact) mass is 660 g/mol. The zero-order valence-electron chi connectivity index (χ0n) is 20.7. The highest BCUT2D eigenvalue weighted by atomic mass is 127. The first-order chi connectivity index (χ1) is 18.8. The second kappa shape index (κ2) is 11.8. The van der Waals surface area contributed by atoms with Gasteiger partial charge in [0.25, 0.3) is 10.0 Å². The lowest BCUT2D eigenvalue weighted by atomic mass is 9.92. The number of nitrogens with zero attached hydrogens (tertiary/aromatic N) is 3. The maximum atomic E-state index is 15.1. The number of benzene rings is 2. The molecule has 9 nitrogen and oxygen atoms in total. The predicted molar refractivity (Wildman–Crippen MR) is 156 cm³/mol. The molecule has 1 aliphatic carbocycles. The average Bonchev–Trinajstić information content (AvgIpc) is 2.92. The fourth-order valence-corrected chi connectivity index (χ4v) is 6.71. The van der Waals surface area contributed by atoms with Crippen LogP contribution in [-0.2, 0) is 10.0 Å². The summed E-state index contributed by atoms with van der Waals surface area (Å²) in [5.74, 6) is 0.00920. The molecule has 1 saturated carbocycles. The van der Waals surface area contributed by atoms with E-state index in [2.05, 4.69) is 25.0 Å². The molecule has 39 heavy (non-hydrogen) atoms. The summed E-state index contributed by atoms with van der Waals surface area (Å²) in [5.41, 5.74) is 7.20. The van der Waals surface area contributed by atoms with Gasteiger partial charge in [0.2, 0.25) is 5.95 Å². The standard InChI is InChI=1S/C27H26FIN6O3S/c28-21-15-19(35-39(36,37)26-4-2-1-3-22(26)29)9-10-25(21)38-24-12-13-31-16-20(24)23-11-14-32-27(34-23)33-18-7-5-17(30)6-8-18/h1-4,9-18,35H,5-8,30H2,(H,32,33,34). The van der Waals surface area contributed by atoms with E-state index >= 15 is 4.39 Å². The number of aromatic nitrogens is 3. The molecule has 0 unspecified atom stereocenters. The topological polar surface area (TPSA) is 132 Å². The number of rotatable bonds is 8. The maximum absolute atomic E-state index is 15.1. The molecule has 0 aliphatic heterocycles. The maximum Gasteiger partial charge on any atom is 0.262 e. The van der Waals surface area contributed by atoms with Crippen LogP contribution in [0.15, 0.2) is 78.1 Å². The Balaban J connectivity index is 1.34. The summed E-state index contributed by atoms with van der Waals surface area (Å²) in [4.78, 5) is 13.3. The van der Waals surface area contributed by atoms with Gasteiger partial charge < -0.3 is 15.8 Å². The minimum absolute atomic E-state index is 0.0737. The van der Waals surface area contributed by atoms with Crippen LogP contribution >= 0.6 is 22.6 Å². The van der Waals surface area contributed by atoms with Gasteiger partial charge in [0.1, 0.15) is 10.6 Å². The van der Waals surface area contributed by atoms with E-state index in [1.165, 1.54) is 24.4 Å². The molecule has 202 valence electrons. The van der Waals surface area contributed by atoms with Crippen molar-refractivity contribution in [1.82, 2.24) is 15.0 Å². The third-order valence-electron chi connectivity index (χ3n) is 6.35. The number of sulfonamides is 1.